The lowest BCUT2D eigenvalue weighted by Crippen LogP contribution is -2.37. The highest BCUT2D eigenvalue weighted by Gasteiger charge is 2.23. The van der Waals surface area contributed by atoms with Crippen LogP contribution < -0.4 is 5.32 Å². The number of rotatable bonds is 5. The Morgan fingerprint density at radius 3 is 2.70 bits per heavy atom. The zero-order valence-corrected chi connectivity index (χ0v) is 14.2. The van der Waals surface area contributed by atoms with Gasteiger partial charge in [-0.1, -0.05) is 42.3 Å². The zero-order chi connectivity index (χ0) is 16.2. The second-order valence-electron chi connectivity index (χ2n) is 5.96. The molecule has 2 aromatic rings. The highest BCUT2D eigenvalue weighted by atomic mass is 32.2. The van der Waals surface area contributed by atoms with Crippen molar-refractivity contribution in [3.05, 3.63) is 29.8 Å². The first kappa shape index (κ1) is 16.0. The fourth-order valence-corrected chi connectivity index (χ4v) is 3.52. The lowest BCUT2D eigenvalue weighted by molar-refractivity contribution is -0.120. The van der Waals surface area contributed by atoms with Crippen LogP contribution in [0.2, 0.25) is 0 Å². The minimum atomic E-state index is -0.231. The van der Waals surface area contributed by atoms with Gasteiger partial charge >= 0.3 is 0 Å². The summed E-state index contributed by atoms with van der Waals surface area (Å²) in [6, 6.07) is 8.31. The predicted molar refractivity (Wildman–Crippen MR) is 89.6 cm³/mol. The van der Waals surface area contributed by atoms with Crippen molar-refractivity contribution in [1.82, 2.24) is 25.5 Å². The molecule has 1 aliphatic carbocycles. The van der Waals surface area contributed by atoms with Crippen molar-refractivity contribution in [1.29, 1.82) is 0 Å². The number of hydrogen-bond donors (Lipinski definition) is 1. The molecule has 0 unspecified atom stereocenters. The molecule has 1 amide bonds. The van der Waals surface area contributed by atoms with E-state index in [2.05, 4.69) is 20.8 Å². The summed E-state index contributed by atoms with van der Waals surface area (Å²) in [6.07, 6.45) is 4.59. The number of nitrogens with zero attached hydrogens (tertiary/aromatic N) is 4. The van der Waals surface area contributed by atoms with Crippen LogP contribution in [0.5, 0.6) is 0 Å². The first-order chi connectivity index (χ1) is 11.1. The molecule has 1 aromatic carbocycles. The van der Waals surface area contributed by atoms with Gasteiger partial charge < -0.3 is 5.32 Å². The third kappa shape index (κ3) is 3.90. The Kier molecular flexibility index (Phi) is 4.95. The van der Waals surface area contributed by atoms with Gasteiger partial charge in [-0.25, -0.2) is 0 Å². The highest BCUT2D eigenvalue weighted by molar-refractivity contribution is 8.00. The average Bonchev–Trinajstić information content (AvgIpc) is 3.20. The van der Waals surface area contributed by atoms with E-state index in [-0.39, 0.29) is 11.2 Å². The number of thioether (sulfide) groups is 1. The van der Waals surface area contributed by atoms with Crippen molar-refractivity contribution in [2.75, 3.05) is 0 Å². The molecule has 1 aromatic heterocycles. The van der Waals surface area contributed by atoms with Crippen molar-refractivity contribution in [2.24, 2.45) is 0 Å². The van der Waals surface area contributed by atoms with Crippen LogP contribution in [0, 0.1) is 6.92 Å². The second kappa shape index (κ2) is 7.12. The van der Waals surface area contributed by atoms with Crippen LogP contribution in [-0.4, -0.2) is 37.4 Å². The number of aromatic nitrogens is 4. The SMILES string of the molecule is Cc1ccc(-n2nnnc2S[C@H](C)C(=O)NC2CCCC2)cc1. The van der Waals surface area contributed by atoms with Crippen molar-refractivity contribution < 1.29 is 4.79 Å². The smallest absolute Gasteiger partial charge is 0.233 e. The Hall–Kier alpha value is -1.89. The van der Waals surface area contributed by atoms with E-state index < -0.39 is 0 Å². The van der Waals surface area contributed by atoms with Gasteiger partial charge in [0.25, 0.3) is 0 Å². The molecule has 1 atom stereocenters. The summed E-state index contributed by atoms with van der Waals surface area (Å²) in [5.41, 5.74) is 2.08. The molecule has 1 aliphatic rings. The number of tetrazole rings is 1. The zero-order valence-electron chi connectivity index (χ0n) is 13.4. The number of carbonyl (C=O) groups excluding carboxylic acids is 1. The molecule has 1 heterocycles. The Morgan fingerprint density at radius 2 is 2.00 bits per heavy atom. The van der Waals surface area contributed by atoms with Gasteiger partial charge in [0, 0.05) is 6.04 Å². The van der Waals surface area contributed by atoms with Gasteiger partial charge in [0.15, 0.2) is 0 Å². The van der Waals surface area contributed by atoms with Crippen molar-refractivity contribution in [3.63, 3.8) is 0 Å². The average molecular weight is 331 g/mol. The van der Waals surface area contributed by atoms with E-state index in [4.69, 9.17) is 0 Å². The Labute approximate surface area is 140 Å². The van der Waals surface area contributed by atoms with Gasteiger partial charge in [-0.3, -0.25) is 4.79 Å². The molecule has 6 nitrogen and oxygen atoms in total. The molecular formula is C16H21N5OS. The monoisotopic (exact) mass is 331 g/mol. The lowest BCUT2D eigenvalue weighted by Gasteiger charge is -2.16. The molecule has 0 spiro atoms. The standard InChI is InChI=1S/C16H21N5OS/c1-11-7-9-14(10-8-11)21-16(18-19-20-21)23-12(2)15(22)17-13-5-3-4-6-13/h7-10,12-13H,3-6H2,1-2H3,(H,17,22)/t12-/m1/s1. The van der Waals surface area contributed by atoms with Gasteiger partial charge in [-0.15, -0.1) is 5.10 Å². The Bertz CT molecular complexity index is 663. The third-order valence-corrected chi connectivity index (χ3v) is 5.11. The minimum absolute atomic E-state index is 0.0559. The van der Waals surface area contributed by atoms with Crippen LogP contribution in [0.1, 0.15) is 38.2 Å². The third-order valence-electron chi connectivity index (χ3n) is 4.07. The van der Waals surface area contributed by atoms with Crippen LogP contribution in [0.25, 0.3) is 5.69 Å². The molecule has 1 saturated carbocycles. The highest BCUT2D eigenvalue weighted by Crippen LogP contribution is 2.24. The predicted octanol–water partition coefficient (Wildman–Crippen LogP) is 2.51. The molecule has 3 rings (SSSR count). The van der Waals surface area contributed by atoms with Gasteiger partial charge in [0.05, 0.1) is 10.9 Å². The van der Waals surface area contributed by atoms with E-state index in [0.29, 0.717) is 11.2 Å². The summed E-state index contributed by atoms with van der Waals surface area (Å²) in [4.78, 5) is 12.3. The van der Waals surface area contributed by atoms with Crippen LogP contribution in [0.3, 0.4) is 0 Å². The second-order valence-corrected chi connectivity index (χ2v) is 7.27. The summed E-state index contributed by atoms with van der Waals surface area (Å²) < 4.78 is 1.67. The molecule has 0 saturated heterocycles. The van der Waals surface area contributed by atoms with Crippen molar-refractivity contribution >= 4 is 17.7 Å². The molecule has 23 heavy (non-hydrogen) atoms. The molecule has 1 fully saturated rings. The maximum Gasteiger partial charge on any atom is 0.233 e. The fourth-order valence-electron chi connectivity index (χ4n) is 2.70. The molecule has 122 valence electrons. The molecular weight excluding hydrogens is 310 g/mol. The lowest BCUT2D eigenvalue weighted by atomic mass is 10.2. The summed E-state index contributed by atoms with van der Waals surface area (Å²) >= 11 is 1.38. The van der Waals surface area contributed by atoms with E-state index in [0.717, 1.165) is 18.5 Å². The van der Waals surface area contributed by atoms with Gasteiger partial charge in [-0.2, -0.15) is 4.68 Å². The van der Waals surface area contributed by atoms with E-state index in [1.54, 1.807) is 4.68 Å². The first-order valence-corrected chi connectivity index (χ1v) is 8.84. The summed E-state index contributed by atoms with van der Waals surface area (Å²) in [5.74, 6) is 0.0559. The van der Waals surface area contributed by atoms with Gasteiger partial charge in [0.1, 0.15) is 0 Å². The summed E-state index contributed by atoms with van der Waals surface area (Å²) in [5, 5.41) is 15.4. The normalized spacial score (nSPS) is 16.4. The number of amides is 1. The number of aryl methyl sites for hydroxylation is 1. The Balaban J connectivity index is 1.67. The summed E-state index contributed by atoms with van der Waals surface area (Å²) in [6.45, 7) is 3.93. The molecule has 0 aliphatic heterocycles. The van der Waals surface area contributed by atoms with Crippen LogP contribution in [0.15, 0.2) is 29.4 Å². The quantitative estimate of drug-likeness (QED) is 0.852. The largest absolute Gasteiger partial charge is 0.352 e. The number of carbonyl (C=O) groups is 1. The maximum absolute atomic E-state index is 12.3. The van der Waals surface area contributed by atoms with E-state index in [9.17, 15) is 4.79 Å². The fraction of sp³-hybridized carbons (Fsp3) is 0.500. The molecule has 0 radical (unpaired) electrons. The Morgan fingerprint density at radius 1 is 1.30 bits per heavy atom. The molecule has 7 heteroatoms. The van der Waals surface area contributed by atoms with Crippen molar-refractivity contribution in [3.8, 4) is 5.69 Å². The summed E-state index contributed by atoms with van der Waals surface area (Å²) in [7, 11) is 0. The number of hydrogen-bond acceptors (Lipinski definition) is 5. The minimum Gasteiger partial charge on any atom is -0.352 e. The van der Waals surface area contributed by atoms with E-state index in [1.807, 2.05) is 38.1 Å². The van der Waals surface area contributed by atoms with Crippen molar-refractivity contribution in [2.45, 2.75) is 56.0 Å². The van der Waals surface area contributed by atoms with Gasteiger partial charge in [-0.05, 0) is 49.2 Å². The number of nitrogens with one attached hydrogen (secondary N) is 1. The van der Waals surface area contributed by atoms with Crippen LogP contribution in [0.4, 0.5) is 0 Å². The number of benzene rings is 1. The van der Waals surface area contributed by atoms with E-state index in [1.165, 1.54) is 30.2 Å². The molecule has 1 N–H and O–H groups in total. The maximum atomic E-state index is 12.3. The first-order valence-electron chi connectivity index (χ1n) is 7.96. The molecule has 0 bridgehead atoms. The topological polar surface area (TPSA) is 72.7 Å². The van der Waals surface area contributed by atoms with Gasteiger partial charge in [0.2, 0.25) is 11.1 Å². The van der Waals surface area contributed by atoms with Crippen LogP contribution in [-0.2, 0) is 4.79 Å². The van der Waals surface area contributed by atoms with Crippen LogP contribution >= 0.6 is 11.8 Å². The van der Waals surface area contributed by atoms with E-state index >= 15 is 0 Å².